The number of anilines is 1. The van der Waals surface area contributed by atoms with Crippen molar-refractivity contribution in [3.63, 3.8) is 0 Å². The second-order valence-corrected chi connectivity index (χ2v) is 7.57. The van der Waals surface area contributed by atoms with Crippen LogP contribution in [0, 0.1) is 19.7 Å². The Morgan fingerprint density at radius 3 is 2.50 bits per heavy atom. The Bertz CT molecular complexity index is 866. The molecule has 0 spiro atoms. The van der Waals surface area contributed by atoms with Crippen molar-refractivity contribution in [2.24, 2.45) is 0 Å². The number of carbonyl (C=O) groups is 1. The van der Waals surface area contributed by atoms with Gasteiger partial charge in [0.05, 0.1) is 17.1 Å². The van der Waals surface area contributed by atoms with Crippen LogP contribution in [-0.2, 0) is 14.8 Å². The lowest BCUT2D eigenvalue weighted by atomic mass is 10.2. The van der Waals surface area contributed by atoms with Crippen LogP contribution in [0.5, 0.6) is 0 Å². The van der Waals surface area contributed by atoms with Gasteiger partial charge in [0, 0.05) is 7.05 Å². The largest absolute Gasteiger partial charge is 0.322 e. The van der Waals surface area contributed by atoms with Crippen molar-refractivity contribution in [1.29, 1.82) is 0 Å². The first-order valence-corrected chi connectivity index (χ1v) is 8.74. The number of sulfonamides is 1. The predicted molar refractivity (Wildman–Crippen MR) is 90.8 cm³/mol. The van der Waals surface area contributed by atoms with E-state index in [-0.39, 0.29) is 10.6 Å². The zero-order valence-electron chi connectivity index (χ0n) is 13.7. The first-order valence-electron chi connectivity index (χ1n) is 7.30. The van der Waals surface area contributed by atoms with Crippen molar-refractivity contribution < 1.29 is 17.6 Å². The van der Waals surface area contributed by atoms with Gasteiger partial charge < -0.3 is 5.32 Å². The number of carbonyl (C=O) groups excluding carboxylic acids is 1. The summed E-state index contributed by atoms with van der Waals surface area (Å²) in [5, 5.41) is 2.37. The van der Waals surface area contributed by atoms with Gasteiger partial charge in [0.15, 0.2) is 0 Å². The molecule has 0 aliphatic rings. The van der Waals surface area contributed by atoms with Gasteiger partial charge in [0.25, 0.3) is 0 Å². The molecule has 0 radical (unpaired) electrons. The third-order valence-electron chi connectivity index (χ3n) is 3.55. The van der Waals surface area contributed by atoms with E-state index in [1.54, 1.807) is 32.0 Å². The van der Waals surface area contributed by atoms with Crippen molar-refractivity contribution >= 4 is 21.6 Å². The van der Waals surface area contributed by atoms with E-state index in [1.165, 1.54) is 25.2 Å². The molecule has 24 heavy (non-hydrogen) atoms. The maximum absolute atomic E-state index is 13.5. The summed E-state index contributed by atoms with van der Waals surface area (Å²) >= 11 is 0. The summed E-state index contributed by atoms with van der Waals surface area (Å²) in [5.41, 5.74) is 1.42. The first-order chi connectivity index (χ1) is 11.2. The molecule has 0 saturated carbocycles. The summed E-state index contributed by atoms with van der Waals surface area (Å²) in [6.07, 6.45) is 0. The van der Waals surface area contributed by atoms with Gasteiger partial charge in [0.2, 0.25) is 15.9 Å². The number of nitrogens with one attached hydrogen (secondary N) is 1. The van der Waals surface area contributed by atoms with Crippen LogP contribution in [0.1, 0.15) is 11.1 Å². The Balaban J connectivity index is 2.16. The first kappa shape index (κ1) is 18.1. The van der Waals surface area contributed by atoms with Crippen molar-refractivity contribution in [1.82, 2.24) is 4.31 Å². The monoisotopic (exact) mass is 350 g/mol. The smallest absolute Gasteiger partial charge is 0.243 e. The SMILES string of the molecule is Cc1ccc(C)c(S(=O)(=O)N(C)CC(=O)Nc2ccccc2F)c1. The van der Waals surface area contributed by atoms with Crippen LogP contribution < -0.4 is 5.32 Å². The summed E-state index contributed by atoms with van der Waals surface area (Å²) < 4.78 is 39.8. The molecule has 5 nitrogen and oxygen atoms in total. The fourth-order valence-electron chi connectivity index (χ4n) is 2.19. The van der Waals surface area contributed by atoms with E-state index < -0.39 is 28.3 Å². The third kappa shape index (κ3) is 3.98. The van der Waals surface area contributed by atoms with Crippen molar-refractivity contribution in [2.75, 3.05) is 18.9 Å². The molecule has 2 aromatic carbocycles. The molecule has 1 amide bonds. The number of likely N-dealkylation sites (N-methyl/N-ethyl adjacent to an activating group) is 1. The van der Waals surface area contributed by atoms with Gasteiger partial charge in [-0.05, 0) is 43.2 Å². The van der Waals surface area contributed by atoms with Gasteiger partial charge >= 0.3 is 0 Å². The summed E-state index contributed by atoms with van der Waals surface area (Å²) in [7, 11) is -2.49. The normalized spacial score (nSPS) is 11.5. The number of amides is 1. The van der Waals surface area contributed by atoms with Crippen molar-refractivity contribution in [2.45, 2.75) is 18.7 Å². The number of hydrogen-bond donors (Lipinski definition) is 1. The van der Waals surface area contributed by atoms with E-state index in [9.17, 15) is 17.6 Å². The van der Waals surface area contributed by atoms with E-state index in [1.807, 2.05) is 6.07 Å². The summed E-state index contributed by atoms with van der Waals surface area (Å²) in [5.74, 6) is -1.19. The third-order valence-corrected chi connectivity index (χ3v) is 5.49. The van der Waals surface area contributed by atoms with Crippen molar-refractivity contribution in [3.8, 4) is 0 Å². The maximum atomic E-state index is 13.5. The predicted octanol–water partition coefficient (Wildman–Crippen LogP) is 2.70. The molecule has 0 aliphatic heterocycles. The Morgan fingerprint density at radius 1 is 1.17 bits per heavy atom. The van der Waals surface area contributed by atoms with E-state index in [2.05, 4.69) is 5.32 Å². The molecule has 0 unspecified atom stereocenters. The van der Waals surface area contributed by atoms with Crippen LogP contribution in [0.4, 0.5) is 10.1 Å². The highest BCUT2D eigenvalue weighted by atomic mass is 32.2. The molecule has 0 bridgehead atoms. The average molecular weight is 350 g/mol. The van der Waals surface area contributed by atoms with E-state index >= 15 is 0 Å². The number of nitrogens with zero attached hydrogens (tertiary/aromatic N) is 1. The molecular weight excluding hydrogens is 331 g/mol. The molecule has 0 atom stereocenters. The minimum absolute atomic E-state index is 0.0139. The van der Waals surface area contributed by atoms with E-state index in [4.69, 9.17) is 0 Å². The van der Waals surface area contributed by atoms with Crippen molar-refractivity contribution in [3.05, 3.63) is 59.4 Å². The average Bonchev–Trinajstić information content (AvgIpc) is 2.51. The molecule has 0 aliphatic carbocycles. The van der Waals surface area contributed by atoms with Crippen LogP contribution in [-0.4, -0.2) is 32.2 Å². The van der Waals surface area contributed by atoms with Gasteiger partial charge in [-0.1, -0.05) is 24.3 Å². The molecular formula is C17H19FN2O3S. The fraction of sp³-hybridized carbons (Fsp3) is 0.235. The van der Waals surface area contributed by atoms with Gasteiger partial charge in [-0.15, -0.1) is 0 Å². The molecule has 0 saturated heterocycles. The molecule has 2 aromatic rings. The Hall–Kier alpha value is -2.25. The molecule has 7 heteroatoms. The van der Waals surface area contributed by atoms with Gasteiger partial charge in [-0.25, -0.2) is 12.8 Å². The second-order valence-electron chi connectivity index (χ2n) is 5.56. The molecule has 0 fully saturated rings. The summed E-state index contributed by atoms with van der Waals surface area (Å²) in [4.78, 5) is 12.2. The second kappa shape index (κ2) is 7.11. The zero-order valence-corrected chi connectivity index (χ0v) is 14.5. The molecule has 1 N–H and O–H groups in total. The lowest BCUT2D eigenvalue weighted by molar-refractivity contribution is -0.116. The number of rotatable bonds is 5. The summed E-state index contributed by atoms with van der Waals surface area (Å²) in [6.45, 7) is 3.08. The topological polar surface area (TPSA) is 66.5 Å². The molecule has 0 heterocycles. The number of benzene rings is 2. The maximum Gasteiger partial charge on any atom is 0.243 e. The lowest BCUT2D eigenvalue weighted by Crippen LogP contribution is -2.35. The highest BCUT2D eigenvalue weighted by Gasteiger charge is 2.25. The quantitative estimate of drug-likeness (QED) is 0.902. The molecule has 128 valence electrons. The number of para-hydroxylation sites is 1. The highest BCUT2D eigenvalue weighted by molar-refractivity contribution is 7.89. The highest BCUT2D eigenvalue weighted by Crippen LogP contribution is 2.20. The van der Waals surface area contributed by atoms with Gasteiger partial charge in [-0.3, -0.25) is 4.79 Å². The Morgan fingerprint density at radius 2 is 1.83 bits per heavy atom. The van der Waals surface area contributed by atoms with Gasteiger partial charge in [0.1, 0.15) is 5.82 Å². The van der Waals surface area contributed by atoms with Gasteiger partial charge in [-0.2, -0.15) is 4.31 Å². The molecule has 2 rings (SSSR count). The van der Waals surface area contributed by atoms with Crippen LogP contribution in [0.15, 0.2) is 47.4 Å². The van der Waals surface area contributed by atoms with E-state index in [0.29, 0.717) is 5.56 Å². The minimum Gasteiger partial charge on any atom is -0.322 e. The number of halogens is 1. The number of hydrogen-bond acceptors (Lipinski definition) is 3. The van der Waals surface area contributed by atoms with Crippen LogP contribution in [0.3, 0.4) is 0 Å². The lowest BCUT2D eigenvalue weighted by Gasteiger charge is -2.18. The zero-order chi connectivity index (χ0) is 17.9. The van der Waals surface area contributed by atoms with Crippen LogP contribution in [0.25, 0.3) is 0 Å². The number of aryl methyl sites for hydroxylation is 2. The standard InChI is InChI=1S/C17H19FN2O3S/c1-12-8-9-13(2)16(10-12)24(22,23)20(3)11-17(21)19-15-7-5-4-6-14(15)18/h4-10H,11H2,1-3H3,(H,19,21). The van der Waals surface area contributed by atoms with Crippen LogP contribution in [0.2, 0.25) is 0 Å². The minimum atomic E-state index is -3.81. The Kier molecular flexibility index (Phi) is 5.36. The Labute approximate surface area is 141 Å². The molecule has 0 aromatic heterocycles. The van der Waals surface area contributed by atoms with E-state index in [0.717, 1.165) is 9.87 Å². The summed E-state index contributed by atoms with van der Waals surface area (Å²) in [6, 6.07) is 10.8. The van der Waals surface area contributed by atoms with Crippen LogP contribution >= 0.6 is 0 Å². The fourth-order valence-corrected chi connectivity index (χ4v) is 3.63.